The van der Waals surface area contributed by atoms with Crippen LogP contribution in [0.5, 0.6) is 0 Å². The number of hydrogen-bond acceptors (Lipinski definition) is 5. The summed E-state index contributed by atoms with van der Waals surface area (Å²) in [5.41, 5.74) is 4.93. The summed E-state index contributed by atoms with van der Waals surface area (Å²) in [5.74, 6) is 0.377. The number of amides is 1. The molecule has 2 aromatic heterocycles. The molecule has 0 aliphatic heterocycles. The van der Waals surface area contributed by atoms with Crippen molar-refractivity contribution < 1.29 is 4.79 Å². The van der Waals surface area contributed by atoms with Gasteiger partial charge in [-0.15, -0.1) is 0 Å². The van der Waals surface area contributed by atoms with Crippen LogP contribution in [0.3, 0.4) is 0 Å². The molecule has 6 heteroatoms. The number of carbonyl (C=O) groups is 1. The minimum absolute atomic E-state index is 0.0951. The summed E-state index contributed by atoms with van der Waals surface area (Å²) >= 11 is 0. The van der Waals surface area contributed by atoms with Crippen molar-refractivity contribution in [1.29, 1.82) is 0 Å². The standard InChI is InChI=1S/C21H23N5O/c1-15-5-4-6-19(16(15)2)25-21-23-13-18(14-24-21)20(27)26(3)12-9-17-7-10-22-11-8-17/h4-8,10-11,13-14H,9,12H2,1-3H3,(H,23,24,25). The first-order valence-corrected chi connectivity index (χ1v) is 8.84. The maximum Gasteiger partial charge on any atom is 0.256 e. The van der Waals surface area contributed by atoms with Crippen LogP contribution in [0.2, 0.25) is 0 Å². The van der Waals surface area contributed by atoms with Gasteiger partial charge in [0.2, 0.25) is 5.95 Å². The van der Waals surface area contributed by atoms with E-state index in [1.807, 2.05) is 31.2 Å². The molecular formula is C21H23N5O. The fourth-order valence-electron chi connectivity index (χ4n) is 2.68. The van der Waals surface area contributed by atoms with Gasteiger partial charge in [0, 0.05) is 44.1 Å². The van der Waals surface area contributed by atoms with E-state index >= 15 is 0 Å². The molecule has 0 spiro atoms. The molecule has 2 heterocycles. The largest absolute Gasteiger partial charge is 0.341 e. The summed E-state index contributed by atoms with van der Waals surface area (Å²) in [5, 5.41) is 3.20. The van der Waals surface area contributed by atoms with E-state index in [1.165, 1.54) is 5.56 Å². The zero-order valence-electron chi connectivity index (χ0n) is 15.8. The number of pyridine rings is 1. The third kappa shape index (κ3) is 4.67. The smallest absolute Gasteiger partial charge is 0.256 e. The number of benzene rings is 1. The molecule has 27 heavy (non-hydrogen) atoms. The maximum absolute atomic E-state index is 12.5. The normalized spacial score (nSPS) is 10.5. The Morgan fingerprint density at radius 2 is 1.78 bits per heavy atom. The van der Waals surface area contributed by atoms with Gasteiger partial charge in [-0.25, -0.2) is 9.97 Å². The van der Waals surface area contributed by atoms with E-state index in [-0.39, 0.29) is 5.91 Å². The van der Waals surface area contributed by atoms with Crippen molar-refractivity contribution >= 4 is 17.5 Å². The molecule has 3 rings (SSSR count). The lowest BCUT2D eigenvalue weighted by Gasteiger charge is -2.17. The molecule has 0 aliphatic carbocycles. The Morgan fingerprint density at radius 3 is 2.48 bits per heavy atom. The highest BCUT2D eigenvalue weighted by molar-refractivity contribution is 5.93. The van der Waals surface area contributed by atoms with E-state index in [9.17, 15) is 4.79 Å². The van der Waals surface area contributed by atoms with Gasteiger partial charge < -0.3 is 10.2 Å². The second-order valence-corrected chi connectivity index (χ2v) is 6.50. The highest BCUT2D eigenvalue weighted by atomic mass is 16.2. The molecule has 0 atom stereocenters. The molecule has 138 valence electrons. The zero-order chi connectivity index (χ0) is 19.2. The van der Waals surface area contributed by atoms with Gasteiger partial charge in [0.05, 0.1) is 5.56 Å². The van der Waals surface area contributed by atoms with E-state index in [4.69, 9.17) is 0 Å². The maximum atomic E-state index is 12.5. The topological polar surface area (TPSA) is 71.0 Å². The second kappa shape index (κ2) is 8.40. The number of likely N-dealkylation sites (N-methyl/N-ethyl adjacent to an activating group) is 1. The summed E-state index contributed by atoms with van der Waals surface area (Å²) in [6.07, 6.45) is 7.41. The quantitative estimate of drug-likeness (QED) is 0.727. The third-order valence-electron chi connectivity index (χ3n) is 4.58. The van der Waals surface area contributed by atoms with Crippen LogP contribution < -0.4 is 5.32 Å². The summed E-state index contributed by atoms with van der Waals surface area (Å²) < 4.78 is 0. The van der Waals surface area contributed by atoms with Gasteiger partial charge in [-0.1, -0.05) is 12.1 Å². The van der Waals surface area contributed by atoms with Crippen LogP contribution in [0.25, 0.3) is 0 Å². The Bertz CT molecular complexity index is 910. The van der Waals surface area contributed by atoms with Gasteiger partial charge >= 0.3 is 0 Å². The van der Waals surface area contributed by atoms with E-state index in [0.717, 1.165) is 23.2 Å². The molecule has 0 saturated heterocycles. The van der Waals surface area contributed by atoms with Gasteiger partial charge in [0.1, 0.15) is 0 Å². The second-order valence-electron chi connectivity index (χ2n) is 6.50. The Balaban J connectivity index is 1.62. The highest BCUT2D eigenvalue weighted by Crippen LogP contribution is 2.20. The zero-order valence-corrected chi connectivity index (χ0v) is 15.8. The Kier molecular flexibility index (Phi) is 5.76. The minimum Gasteiger partial charge on any atom is -0.341 e. The summed E-state index contributed by atoms with van der Waals surface area (Å²) in [6.45, 7) is 4.73. The van der Waals surface area contributed by atoms with Gasteiger partial charge in [0.25, 0.3) is 5.91 Å². The molecule has 0 aliphatic rings. The van der Waals surface area contributed by atoms with Crippen molar-refractivity contribution in [2.75, 3.05) is 18.9 Å². The number of rotatable bonds is 6. The van der Waals surface area contributed by atoms with Gasteiger partial charge in [-0.3, -0.25) is 9.78 Å². The molecule has 1 N–H and O–H groups in total. The summed E-state index contributed by atoms with van der Waals surface area (Å²) in [6, 6.07) is 9.94. The van der Waals surface area contributed by atoms with E-state index < -0.39 is 0 Å². The predicted molar refractivity (Wildman–Crippen MR) is 106 cm³/mol. The van der Waals surface area contributed by atoms with Crippen molar-refractivity contribution in [1.82, 2.24) is 19.9 Å². The van der Waals surface area contributed by atoms with Crippen molar-refractivity contribution in [3.63, 3.8) is 0 Å². The molecule has 0 radical (unpaired) electrons. The fourth-order valence-corrected chi connectivity index (χ4v) is 2.68. The Labute approximate surface area is 159 Å². The molecule has 0 bridgehead atoms. The van der Waals surface area contributed by atoms with E-state index in [2.05, 4.69) is 33.3 Å². The van der Waals surface area contributed by atoms with Crippen LogP contribution in [0.1, 0.15) is 27.0 Å². The molecule has 0 fully saturated rings. The highest BCUT2D eigenvalue weighted by Gasteiger charge is 2.13. The van der Waals surface area contributed by atoms with Crippen LogP contribution in [-0.4, -0.2) is 39.4 Å². The van der Waals surface area contributed by atoms with Crippen LogP contribution in [0, 0.1) is 13.8 Å². The fraction of sp³-hybridized carbons (Fsp3) is 0.238. The predicted octanol–water partition coefficient (Wildman–Crippen LogP) is 3.55. The first-order chi connectivity index (χ1) is 13.0. The number of nitrogens with zero attached hydrogens (tertiary/aromatic N) is 4. The molecular weight excluding hydrogens is 338 g/mol. The number of anilines is 2. The number of aryl methyl sites for hydroxylation is 1. The number of nitrogens with one attached hydrogen (secondary N) is 1. The van der Waals surface area contributed by atoms with Gasteiger partial charge in [-0.05, 0) is 55.2 Å². The van der Waals surface area contributed by atoms with Crippen LogP contribution in [-0.2, 0) is 6.42 Å². The third-order valence-corrected chi connectivity index (χ3v) is 4.58. The molecule has 0 saturated carbocycles. The Morgan fingerprint density at radius 1 is 1.07 bits per heavy atom. The molecule has 1 aromatic carbocycles. The lowest BCUT2D eigenvalue weighted by molar-refractivity contribution is 0.0796. The van der Waals surface area contributed by atoms with Gasteiger partial charge in [0.15, 0.2) is 0 Å². The lowest BCUT2D eigenvalue weighted by Crippen LogP contribution is -2.29. The average molecular weight is 361 g/mol. The number of carbonyl (C=O) groups excluding carboxylic acids is 1. The van der Waals surface area contributed by atoms with Crippen LogP contribution >= 0.6 is 0 Å². The first kappa shape index (κ1) is 18.5. The number of hydrogen-bond donors (Lipinski definition) is 1. The monoisotopic (exact) mass is 361 g/mol. The van der Waals surface area contributed by atoms with Gasteiger partial charge in [-0.2, -0.15) is 0 Å². The average Bonchev–Trinajstić information content (AvgIpc) is 2.70. The molecule has 1 amide bonds. The lowest BCUT2D eigenvalue weighted by atomic mass is 10.1. The van der Waals surface area contributed by atoms with Crippen LogP contribution in [0.4, 0.5) is 11.6 Å². The SMILES string of the molecule is Cc1cccc(Nc2ncc(C(=O)N(C)CCc3ccncc3)cn2)c1C. The van der Waals surface area contributed by atoms with Crippen molar-refractivity contribution in [2.45, 2.75) is 20.3 Å². The molecule has 3 aromatic rings. The first-order valence-electron chi connectivity index (χ1n) is 8.84. The van der Waals surface area contributed by atoms with Crippen molar-refractivity contribution in [3.8, 4) is 0 Å². The van der Waals surface area contributed by atoms with E-state index in [0.29, 0.717) is 18.1 Å². The summed E-state index contributed by atoms with van der Waals surface area (Å²) in [4.78, 5) is 26.8. The van der Waals surface area contributed by atoms with Crippen molar-refractivity contribution in [3.05, 3.63) is 77.4 Å². The number of aromatic nitrogens is 3. The summed E-state index contributed by atoms with van der Waals surface area (Å²) in [7, 11) is 1.78. The van der Waals surface area contributed by atoms with Crippen LogP contribution in [0.15, 0.2) is 55.1 Å². The van der Waals surface area contributed by atoms with E-state index in [1.54, 1.807) is 36.7 Å². The molecule has 6 nitrogen and oxygen atoms in total. The molecule has 0 unspecified atom stereocenters. The Hall–Kier alpha value is -3.28. The van der Waals surface area contributed by atoms with Crippen molar-refractivity contribution in [2.24, 2.45) is 0 Å². The minimum atomic E-state index is -0.0951.